The Morgan fingerprint density at radius 3 is 2.86 bits per heavy atom. The molecule has 0 aliphatic rings. The molecule has 1 atom stereocenters. The maximum atomic E-state index is 8.62. The van der Waals surface area contributed by atoms with Crippen LogP contribution >= 0.6 is 23.2 Å². The maximum Gasteiger partial charge on any atom is 0.163 e. The molecule has 3 nitrogen and oxygen atoms in total. The van der Waals surface area contributed by atoms with Crippen LogP contribution < -0.4 is 0 Å². The molecule has 0 saturated carbocycles. The van der Waals surface area contributed by atoms with E-state index >= 15 is 0 Å². The van der Waals surface area contributed by atoms with Crippen LogP contribution in [0, 0.1) is 17.2 Å². The third-order valence-corrected chi connectivity index (χ3v) is 2.61. The van der Waals surface area contributed by atoms with Gasteiger partial charge in [0.1, 0.15) is 6.07 Å². The molecule has 74 valence electrons. The third-order valence-electron chi connectivity index (χ3n) is 1.77. The minimum Gasteiger partial charge on any atom is -0.191 e. The van der Waals surface area contributed by atoms with Gasteiger partial charge >= 0.3 is 0 Å². The largest absolute Gasteiger partial charge is 0.191 e. The van der Waals surface area contributed by atoms with E-state index in [1.807, 2.05) is 13.0 Å². The number of hydrogen-bond donors (Lipinski definition) is 0. The lowest BCUT2D eigenvalue weighted by Crippen LogP contribution is -2.04. The molecule has 1 heterocycles. The standard InChI is InChI=1S/C9H9Cl2N3/c1-6(4-10)2-7-3-8(5-12)13-14-9(7)11/h3,6H,2,4H2,1H3. The second-order valence-electron chi connectivity index (χ2n) is 3.12. The van der Waals surface area contributed by atoms with Gasteiger partial charge in [0, 0.05) is 5.88 Å². The summed E-state index contributed by atoms with van der Waals surface area (Å²) >= 11 is 11.5. The Bertz CT molecular complexity index is 360. The van der Waals surface area contributed by atoms with Crippen molar-refractivity contribution in [3.8, 4) is 6.07 Å². The smallest absolute Gasteiger partial charge is 0.163 e. The SMILES string of the molecule is CC(CCl)Cc1cc(C#N)nnc1Cl. The van der Waals surface area contributed by atoms with Crippen molar-refractivity contribution in [3.63, 3.8) is 0 Å². The third kappa shape index (κ3) is 2.83. The van der Waals surface area contributed by atoms with E-state index in [1.54, 1.807) is 6.07 Å². The number of hydrogen-bond acceptors (Lipinski definition) is 3. The first-order valence-corrected chi connectivity index (χ1v) is 5.06. The fourth-order valence-corrected chi connectivity index (χ4v) is 1.32. The van der Waals surface area contributed by atoms with Crippen molar-refractivity contribution in [2.45, 2.75) is 13.3 Å². The number of aromatic nitrogens is 2. The molecule has 0 spiro atoms. The first-order valence-electron chi connectivity index (χ1n) is 4.15. The lowest BCUT2D eigenvalue weighted by atomic mass is 10.0. The molecular weight excluding hydrogens is 221 g/mol. The second-order valence-corrected chi connectivity index (χ2v) is 3.79. The molecule has 1 unspecified atom stereocenters. The summed E-state index contributed by atoms with van der Waals surface area (Å²) in [6.45, 7) is 2.01. The average Bonchev–Trinajstić information content (AvgIpc) is 2.21. The van der Waals surface area contributed by atoms with E-state index in [2.05, 4.69) is 10.2 Å². The number of alkyl halides is 1. The van der Waals surface area contributed by atoms with Gasteiger partial charge in [-0.3, -0.25) is 0 Å². The van der Waals surface area contributed by atoms with Crippen molar-refractivity contribution in [3.05, 3.63) is 22.5 Å². The van der Waals surface area contributed by atoms with Crippen molar-refractivity contribution in [1.29, 1.82) is 5.26 Å². The zero-order valence-corrected chi connectivity index (χ0v) is 9.18. The fourth-order valence-electron chi connectivity index (χ4n) is 1.04. The van der Waals surface area contributed by atoms with Crippen molar-refractivity contribution < 1.29 is 0 Å². The number of nitrogens with zero attached hydrogens (tertiary/aromatic N) is 3. The summed E-state index contributed by atoms with van der Waals surface area (Å²) < 4.78 is 0. The summed E-state index contributed by atoms with van der Waals surface area (Å²) in [5.74, 6) is 0.866. The quantitative estimate of drug-likeness (QED) is 0.749. The molecule has 0 radical (unpaired) electrons. The van der Waals surface area contributed by atoms with Crippen LogP contribution in [-0.2, 0) is 6.42 Å². The Hall–Kier alpha value is -0.850. The molecule has 5 heteroatoms. The molecule has 14 heavy (non-hydrogen) atoms. The van der Waals surface area contributed by atoms with Gasteiger partial charge in [0.2, 0.25) is 0 Å². The fraction of sp³-hybridized carbons (Fsp3) is 0.444. The Labute approximate surface area is 92.7 Å². The van der Waals surface area contributed by atoms with E-state index in [-0.39, 0.29) is 5.69 Å². The van der Waals surface area contributed by atoms with Crippen LogP contribution in [0.2, 0.25) is 5.15 Å². The minimum atomic E-state index is 0.283. The van der Waals surface area contributed by atoms with Crippen LogP contribution in [0.25, 0.3) is 0 Å². The van der Waals surface area contributed by atoms with Crippen molar-refractivity contribution in [2.75, 3.05) is 5.88 Å². The topological polar surface area (TPSA) is 49.6 Å². The minimum absolute atomic E-state index is 0.283. The van der Waals surface area contributed by atoms with E-state index < -0.39 is 0 Å². The average molecular weight is 230 g/mol. The van der Waals surface area contributed by atoms with E-state index in [0.717, 1.165) is 5.56 Å². The van der Waals surface area contributed by atoms with Crippen molar-refractivity contribution in [1.82, 2.24) is 10.2 Å². The first-order chi connectivity index (χ1) is 6.67. The molecule has 0 N–H and O–H groups in total. The van der Waals surface area contributed by atoms with Crippen molar-refractivity contribution in [2.24, 2.45) is 5.92 Å². The van der Waals surface area contributed by atoms with E-state index in [4.69, 9.17) is 28.5 Å². The molecule has 0 aromatic carbocycles. The molecular formula is C9H9Cl2N3. The van der Waals surface area contributed by atoms with Crippen LogP contribution in [0.5, 0.6) is 0 Å². The highest BCUT2D eigenvalue weighted by Gasteiger charge is 2.08. The summed E-state index contributed by atoms with van der Waals surface area (Å²) in [4.78, 5) is 0. The van der Waals surface area contributed by atoms with Crippen LogP contribution in [0.4, 0.5) is 0 Å². The number of halogens is 2. The van der Waals surface area contributed by atoms with Crippen LogP contribution in [-0.4, -0.2) is 16.1 Å². The molecule has 1 rings (SSSR count). The van der Waals surface area contributed by atoms with Gasteiger partial charge in [-0.15, -0.1) is 21.8 Å². The van der Waals surface area contributed by atoms with Crippen LogP contribution in [0.3, 0.4) is 0 Å². The summed E-state index contributed by atoms with van der Waals surface area (Å²) in [5, 5.41) is 16.3. The molecule has 0 saturated heterocycles. The number of nitriles is 1. The highest BCUT2D eigenvalue weighted by molar-refractivity contribution is 6.30. The van der Waals surface area contributed by atoms with Gasteiger partial charge in [-0.25, -0.2) is 0 Å². The molecule has 0 amide bonds. The van der Waals surface area contributed by atoms with Crippen LogP contribution in [0.1, 0.15) is 18.2 Å². The summed E-state index contributed by atoms with van der Waals surface area (Å²) in [6.07, 6.45) is 0.715. The van der Waals surface area contributed by atoms with E-state index in [0.29, 0.717) is 23.4 Å². The zero-order chi connectivity index (χ0) is 10.6. The molecule has 1 aromatic rings. The monoisotopic (exact) mass is 229 g/mol. The first kappa shape index (κ1) is 11.2. The highest BCUT2D eigenvalue weighted by Crippen LogP contribution is 2.17. The molecule has 0 bridgehead atoms. The molecule has 0 aliphatic carbocycles. The van der Waals surface area contributed by atoms with Gasteiger partial charge in [-0.1, -0.05) is 18.5 Å². The van der Waals surface area contributed by atoms with Gasteiger partial charge in [0.15, 0.2) is 10.8 Å². The van der Waals surface area contributed by atoms with Gasteiger partial charge in [-0.2, -0.15) is 5.26 Å². The molecule has 0 fully saturated rings. The Morgan fingerprint density at radius 2 is 2.29 bits per heavy atom. The van der Waals surface area contributed by atoms with Gasteiger partial charge in [-0.05, 0) is 24.0 Å². The van der Waals surface area contributed by atoms with Gasteiger partial charge in [0.25, 0.3) is 0 Å². The van der Waals surface area contributed by atoms with Crippen molar-refractivity contribution >= 4 is 23.2 Å². The lowest BCUT2D eigenvalue weighted by molar-refractivity contribution is 0.651. The molecule has 1 aromatic heterocycles. The van der Waals surface area contributed by atoms with E-state index in [1.165, 1.54) is 0 Å². The summed E-state index contributed by atoms with van der Waals surface area (Å²) in [7, 11) is 0. The van der Waals surface area contributed by atoms with Crippen LogP contribution in [0.15, 0.2) is 6.07 Å². The Balaban J connectivity index is 2.90. The van der Waals surface area contributed by atoms with E-state index in [9.17, 15) is 0 Å². The normalized spacial score (nSPS) is 12.1. The predicted molar refractivity (Wildman–Crippen MR) is 55.3 cm³/mol. The molecule has 0 aliphatic heterocycles. The lowest BCUT2D eigenvalue weighted by Gasteiger charge is -2.07. The zero-order valence-electron chi connectivity index (χ0n) is 7.67. The Morgan fingerprint density at radius 1 is 1.57 bits per heavy atom. The predicted octanol–water partition coefficient (Wildman–Crippen LogP) is 2.42. The summed E-state index contributed by atoms with van der Waals surface area (Å²) in [5.41, 5.74) is 1.11. The van der Waals surface area contributed by atoms with Gasteiger partial charge < -0.3 is 0 Å². The maximum absolute atomic E-state index is 8.62. The second kappa shape index (κ2) is 5.14. The number of rotatable bonds is 3. The highest BCUT2D eigenvalue weighted by atomic mass is 35.5. The summed E-state index contributed by atoms with van der Waals surface area (Å²) in [6, 6.07) is 3.57. The van der Waals surface area contributed by atoms with Gasteiger partial charge in [0.05, 0.1) is 0 Å². The Kier molecular flexibility index (Phi) is 4.12.